The second kappa shape index (κ2) is 22.7. The molecule has 1 unspecified atom stereocenters. The molecule has 5 aromatic rings. The van der Waals surface area contributed by atoms with Gasteiger partial charge in [0.15, 0.2) is 23.1 Å². The number of nitrogens with one attached hydrogen (secondary N) is 1. The van der Waals surface area contributed by atoms with Crippen LogP contribution in [0.2, 0.25) is 15.1 Å². The van der Waals surface area contributed by atoms with Gasteiger partial charge >= 0.3 is 35.7 Å². The van der Waals surface area contributed by atoms with Gasteiger partial charge in [0.1, 0.15) is 22.7 Å². The first-order valence-corrected chi connectivity index (χ1v) is 21.8. The Morgan fingerprint density at radius 3 is 2.06 bits per heavy atom. The predicted molar refractivity (Wildman–Crippen MR) is 249 cm³/mol. The number of oxazole rings is 1. The Kier molecular flexibility index (Phi) is 18.0. The summed E-state index contributed by atoms with van der Waals surface area (Å²) in [7, 11) is 0. The number of esters is 3. The molecule has 22 heteroatoms. The zero-order valence-electron chi connectivity index (χ0n) is 38.1. The van der Waals surface area contributed by atoms with Crippen molar-refractivity contribution in [3.8, 4) is 17.6 Å². The molecule has 1 amide bonds. The quantitative estimate of drug-likeness (QED) is 0.0680. The monoisotopic (exact) mass is 974 g/mol. The van der Waals surface area contributed by atoms with Gasteiger partial charge in [-0.1, -0.05) is 48.7 Å². The maximum atomic E-state index is 12.5. The number of nitrogens with zero attached hydrogens (tertiary/aromatic N) is 6. The van der Waals surface area contributed by atoms with Crippen LogP contribution in [0.15, 0.2) is 75.0 Å². The largest absolute Gasteiger partial charge is 0.479 e. The van der Waals surface area contributed by atoms with E-state index in [-0.39, 0.29) is 37.3 Å². The summed E-state index contributed by atoms with van der Waals surface area (Å²) in [5.74, 6) is 5.46. The fourth-order valence-corrected chi connectivity index (χ4v) is 6.48. The first kappa shape index (κ1) is 52.3. The molecule has 3 aromatic carbocycles. The summed E-state index contributed by atoms with van der Waals surface area (Å²) < 4.78 is 33.3. The molecular formula is C44H53Cl3N8O11. The molecule has 0 radical (unpaired) electrons. The van der Waals surface area contributed by atoms with Crippen LogP contribution in [0.25, 0.3) is 11.1 Å². The van der Waals surface area contributed by atoms with Crippen LogP contribution in [-0.4, -0.2) is 86.1 Å². The molecule has 356 valence electrons. The Morgan fingerprint density at radius 2 is 1.48 bits per heavy atom. The van der Waals surface area contributed by atoms with Crippen LogP contribution >= 0.6 is 34.8 Å². The van der Waals surface area contributed by atoms with E-state index >= 15 is 0 Å². The number of hydrogen-bond acceptors (Lipinski definition) is 16. The maximum Gasteiger partial charge on any atom is 0.400 e. The number of benzene rings is 3. The number of carbonyl (C=O) groups excluding carboxylic acids is 4. The number of halogens is 3. The van der Waals surface area contributed by atoms with E-state index in [2.05, 4.69) is 20.5 Å². The lowest BCUT2D eigenvalue weighted by Crippen LogP contribution is -2.48. The number of amides is 1. The predicted octanol–water partition coefficient (Wildman–Crippen LogP) is 8.29. The van der Waals surface area contributed by atoms with E-state index in [0.29, 0.717) is 55.8 Å². The molecule has 3 heterocycles. The highest BCUT2D eigenvalue weighted by Gasteiger charge is 2.49. The third-order valence-corrected chi connectivity index (χ3v) is 9.66. The van der Waals surface area contributed by atoms with Gasteiger partial charge in [-0.15, -0.1) is 9.78 Å². The molecule has 3 N–H and O–H groups in total. The number of fused-ring (bicyclic) bond motifs is 1. The Morgan fingerprint density at radius 1 is 0.879 bits per heavy atom. The summed E-state index contributed by atoms with van der Waals surface area (Å²) in [5, 5.41) is 13.6. The second-order valence-corrected chi connectivity index (χ2v) is 17.1. The number of rotatable bonds is 12. The summed E-state index contributed by atoms with van der Waals surface area (Å²) in [4.78, 5) is 63.8. The topological polar surface area (TPSA) is 234 Å². The highest BCUT2D eigenvalue weighted by Crippen LogP contribution is 2.39. The molecule has 0 spiro atoms. The lowest BCUT2D eigenvalue weighted by molar-refractivity contribution is -0.150. The van der Waals surface area contributed by atoms with Crippen LogP contribution in [-0.2, 0) is 28.6 Å². The number of carbonyl (C=O) groups is 4. The highest BCUT2D eigenvalue weighted by molar-refractivity contribution is 6.39. The van der Waals surface area contributed by atoms with Gasteiger partial charge < -0.3 is 39.3 Å². The van der Waals surface area contributed by atoms with Crippen LogP contribution in [0.3, 0.4) is 0 Å². The summed E-state index contributed by atoms with van der Waals surface area (Å²) in [6, 6.07) is 16.1. The van der Waals surface area contributed by atoms with Gasteiger partial charge in [0.25, 0.3) is 0 Å². The fraction of sp³-hybridized carbons (Fsp3) is 0.409. The van der Waals surface area contributed by atoms with Crippen molar-refractivity contribution in [2.45, 2.75) is 98.8 Å². The zero-order valence-corrected chi connectivity index (χ0v) is 40.4. The molecule has 19 nitrogen and oxygen atoms in total. The molecule has 0 aliphatic carbocycles. The lowest BCUT2D eigenvalue weighted by Gasteiger charge is -2.32. The van der Waals surface area contributed by atoms with E-state index in [0.717, 1.165) is 9.36 Å². The number of hydrogen-bond donors (Lipinski definition) is 2. The van der Waals surface area contributed by atoms with E-state index < -0.39 is 46.8 Å². The average molecular weight is 976 g/mol. The van der Waals surface area contributed by atoms with E-state index in [9.17, 15) is 24.0 Å². The molecular weight excluding hydrogens is 923 g/mol. The van der Waals surface area contributed by atoms with Crippen LogP contribution in [0.1, 0.15) is 87.4 Å². The van der Waals surface area contributed by atoms with E-state index in [1.165, 1.54) is 5.01 Å². The van der Waals surface area contributed by atoms with Crippen molar-refractivity contribution in [2.75, 3.05) is 30.7 Å². The van der Waals surface area contributed by atoms with E-state index in [1.54, 1.807) is 95.3 Å². The van der Waals surface area contributed by atoms with Crippen molar-refractivity contribution in [1.82, 2.24) is 24.8 Å². The van der Waals surface area contributed by atoms with Crippen LogP contribution in [0.5, 0.6) is 17.6 Å². The van der Waals surface area contributed by atoms with Crippen molar-refractivity contribution >= 4 is 81.2 Å². The molecule has 1 aliphatic heterocycles. The van der Waals surface area contributed by atoms with Gasteiger partial charge in [-0.25, -0.2) is 29.0 Å². The SMILES string of the molecule is CC(C)c1nn(C(=O)NC(C)(C)C)c(=O)n1N.CCOC(=O)C1=NN(c2ccc(Cl)cc2Cl)C(C)(C(=O)OCC)C1.CCOC(=O)[C@@H](C)Oc1ccc(Oc2nc3ccc(Cl)cc3o2)cc1. The third-order valence-electron chi connectivity index (χ3n) is 8.88. The number of ether oxygens (including phenoxy) is 5. The average Bonchev–Trinajstić information content (AvgIpc) is 3.91. The van der Waals surface area contributed by atoms with Crippen LogP contribution in [0.4, 0.5) is 10.5 Å². The molecule has 0 saturated heterocycles. The molecule has 66 heavy (non-hydrogen) atoms. The zero-order chi connectivity index (χ0) is 49.1. The second-order valence-electron chi connectivity index (χ2n) is 15.8. The number of nitrogens with two attached hydrogens (primary N) is 1. The molecule has 1 aliphatic rings. The van der Waals surface area contributed by atoms with Gasteiger partial charge in [-0.3, -0.25) is 0 Å². The summed E-state index contributed by atoms with van der Waals surface area (Å²) >= 11 is 18.1. The molecule has 0 fully saturated rings. The minimum atomic E-state index is -1.20. The molecule has 2 aromatic heterocycles. The highest BCUT2D eigenvalue weighted by atomic mass is 35.5. The Balaban J connectivity index is 0.000000221. The molecule has 2 atom stereocenters. The van der Waals surface area contributed by atoms with Gasteiger partial charge in [0, 0.05) is 34.0 Å². The van der Waals surface area contributed by atoms with Crippen LogP contribution in [0, 0.1) is 0 Å². The van der Waals surface area contributed by atoms with Crippen molar-refractivity contribution in [3.63, 3.8) is 0 Å². The number of nitrogen functional groups attached to an aromatic ring is 1. The third kappa shape index (κ3) is 13.6. The van der Waals surface area contributed by atoms with E-state index in [1.807, 2.05) is 34.6 Å². The minimum absolute atomic E-state index is 0.0311. The Hall–Kier alpha value is -6.31. The standard InChI is InChI=1S/C18H16ClNO5.C16H18Cl2N2O4.C10H19N5O2/c1-3-22-17(21)11(2)23-13-5-7-14(8-6-13)24-18-20-15-9-4-12(19)10-16(15)25-18;1-4-23-14(21)12-9-16(3,15(22)24-5-2)20(19-12)13-7-6-10(17)8-11(13)18;1-6(2)7-13-15(9(17)14(7)11)8(16)12-10(3,4)5/h4-11H,3H2,1-2H3;6-8H,4-5,9H2,1-3H3;6H,11H2,1-5H3,(H,12,16)/t11-;;/m1../s1. The summed E-state index contributed by atoms with van der Waals surface area (Å²) in [6.45, 7) is 18.3. The first-order valence-electron chi connectivity index (χ1n) is 20.7. The number of anilines is 1. The van der Waals surface area contributed by atoms with Gasteiger partial charge in [-0.2, -0.15) is 14.8 Å². The number of hydrazone groups is 1. The van der Waals surface area contributed by atoms with Crippen molar-refractivity contribution < 1.29 is 47.3 Å². The van der Waals surface area contributed by atoms with Gasteiger partial charge in [-0.05, 0) is 110 Å². The summed E-state index contributed by atoms with van der Waals surface area (Å²) in [5.41, 5.74) is -0.485. The van der Waals surface area contributed by atoms with Crippen LogP contribution < -0.4 is 31.3 Å². The van der Waals surface area contributed by atoms with Crippen molar-refractivity contribution in [3.05, 3.63) is 92.0 Å². The molecule has 0 saturated carbocycles. The van der Waals surface area contributed by atoms with Crippen molar-refractivity contribution in [1.29, 1.82) is 0 Å². The number of aromatic nitrogens is 4. The van der Waals surface area contributed by atoms with Crippen molar-refractivity contribution in [2.24, 2.45) is 5.10 Å². The smallest absolute Gasteiger partial charge is 0.400 e. The normalized spacial score (nSPS) is 14.8. The lowest BCUT2D eigenvalue weighted by atomic mass is 9.95. The molecule has 0 bridgehead atoms. The fourth-order valence-electron chi connectivity index (χ4n) is 5.83. The minimum Gasteiger partial charge on any atom is -0.479 e. The molecule has 6 rings (SSSR count). The van der Waals surface area contributed by atoms with Gasteiger partial charge in [0.05, 0.1) is 30.5 Å². The maximum absolute atomic E-state index is 12.5. The Labute approximate surface area is 396 Å². The van der Waals surface area contributed by atoms with E-state index in [4.69, 9.17) is 68.7 Å². The van der Waals surface area contributed by atoms with Gasteiger partial charge in [0.2, 0.25) is 0 Å². The summed E-state index contributed by atoms with van der Waals surface area (Å²) in [6.07, 6.45) is -0.511. The Bertz CT molecular complexity index is 2600. The first-order chi connectivity index (χ1) is 31.0.